The summed E-state index contributed by atoms with van der Waals surface area (Å²) in [5.74, 6) is -2.28. The maximum atomic E-state index is 12.9. The van der Waals surface area contributed by atoms with Crippen LogP contribution in [0.5, 0.6) is 0 Å². The summed E-state index contributed by atoms with van der Waals surface area (Å²) < 4.78 is 22.8. The lowest BCUT2D eigenvalue weighted by molar-refractivity contribution is -0.870. The molecule has 9 nitrogen and oxygen atoms in total. The van der Waals surface area contributed by atoms with Gasteiger partial charge in [0, 0.05) is 12.8 Å². The summed E-state index contributed by atoms with van der Waals surface area (Å²) in [5.41, 5.74) is 0. The van der Waals surface area contributed by atoms with Crippen LogP contribution >= 0.6 is 0 Å². The number of hydrogen-bond acceptors (Lipinski definition) is 8. The number of hydrogen-bond donors (Lipinski definition) is 0. The molecule has 0 radical (unpaired) electrons. The smallest absolute Gasteiger partial charge is 0.306 e. The Balaban J connectivity index is 4.10. The van der Waals surface area contributed by atoms with Gasteiger partial charge in [-0.3, -0.25) is 9.59 Å². The zero-order chi connectivity index (χ0) is 63.3. The average molecular weight is 1210 g/mol. The number of rotatable bonds is 65. The summed E-state index contributed by atoms with van der Waals surface area (Å²) >= 11 is 0. The minimum Gasteiger partial charge on any atom is -0.545 e. The van der Waals surface area contributed by atoms with E-state index >= 15 is 0 Å². The Bertz CT molecular complexity index is 1840. The van der Waals surface area contributed by atoms with Crippen LogP contribution in [0, 0.1) is 0 Å². The number of esters is 2. The predicted octanol–water partition coefficient (Wildman–Crippen LogP) is 21.0. The first-order chi connectivity index (χ1) is 42.6. The number of nitrogens with zero attached hydrogens (tertiary/aromatic N) is 1. The summed E-state index contributed by atoms with van der Waals surface area (Å²) in [6, 6.07) is 0. The van der Waals surface area contributed by atoms with Gasteiger partial charge < -0.3 is 33.3 Å². The number of aliphatic carboxylic acids is 1. The van der Waals surface area contributed by atoms with E-state index in [2.05, 4.69) is 135 Å². The van der Waals surface area contributed by atoms with Gasteiger partial charge in [0.1, 0.15) is 13.2 Å². The van der Waals surface area contributed by atoms with Crippen molar-refractivity contribution in [3.05, 3.63) is 122 Å². The highest BCUT2D eigenvalue weighted by Crippen LogP contribution is 2.17. The van der Waals surface area contributed by atoms with Gasteiger partial charge in [0.05, 0.1) is 40.3 Å². The lowest BCUT2D eigenvalue weighted by Crippen LogP contribution is -2.44. The van der Waals surface area contributed by atoms with E-state index in [0.29, 0.717) is 17.4 Å². The Hall–Kier alpha value is -4.31. The minimum absolute atomic E-state index is 0.144. The van der Waals surface area contributed by atoms with Crippen molar-refractivity contribution >= 4 is 17.9 Å². The van der Waals surface area contributed by atoms with Gasteiger partial charge >= 0.3 is 11.9 Å². The Morgan fingerprint density at radius 3 is 0.920 bits per heavy atom. The van der Waals surface area contributed by atoms with E-state index in [4.69, 9.17) is 18.9 Å². The molecule has 0 aliphatic rings. The highest BCUT2D eigenvalue weighted by Gasteiger charge is 2.22. The third-order valence-corrected chi connectivity index (χ3v) is 15.2. The Morgan fingerprint density at radius 2 is 0.621 bits per heavy atom. The van der Waals surface area contributed by atoms with Gasteiger partial charge in [0.15, 0.2) is 12.4 Å². The lowest BCUT2D eigenvalue weighted by atomic mass is 10.0. The van der Waals surface area contributed by atoms with E-state index in [9.17, 15) is 19.5 Å². The van der Waals surface area contributed by atoms with Gasteiger partial charge in [-0.1, -0.05) is 302 Å². The molecule has 2 unspecified atom stereocenters. The average Bonchev–Trinajstić information content (AvgIpc) is 3.59. The normalized spacial score (nSPS) is 13.4. The molecule has 9 heteroatoms. The molecule has 0 amide bonds. The molecule has 0 heterocycles. The third kappa shape index (κ3) is 69.0. The van der Waals surface area contributed by atoms with Crippen molar-refractivity contribution in [3.8, 4) is 0 Å². The molecular weight excluding hydrogens is 1080 g/mol. The fourth-order valence-corrected chi connectivity index (χ4v) is 9.83. The molecule has 0 aromatic rings. The summed E-state index contributed by atoms with van der Waals surface area (Å²) in [6.07, 6.45) is 92.8. The molecule has 2 atom stereocenters. The molecule has 498 valence electrons. The summed E-state index contributed by atoms with van der Waals surface area (Å²) in [5, 5.41) is 11.8. The number of carbonyl (C=O) groups is 3. The predicted molar refractivity (Wildman–Crippen MR) is 370 cm³/mol. The number of quaternary nitrogens is 1. The van der Waals surface area contributed by atoms with E-state index in [0.717, 1.165) is 103 Å². The second kappa shape index (κ2) is 67.6. The number of unbranched alkanes of at least 4 members (excludes halogenated alkanes) is 30. The number of ether oxygens (including phenoxy) is 4. The summed E-state index contributed by atoms with van der Waals surface area (Å²) in [6.45, 7) is 4.54. The first-order valence-corrected chi connectivity index (χ1v) is 35.7. The Kier molecular flexibility index (Phi) is 64.3. The van der Waals surface area contributed by atoms with Crippen molar-refractivity contribution < 1.29 is 42.9 Å². The van der Waals surface area contributed by atoms with Crippen LogP contribution in [0.3, 0.4) is 0 Å². The molecular formula is C78H133NO8. The zero-order valence-electron chi connectivity index (χ0n) is 56.9. The van der Waals surface area contributed by atoms with Gasteiger partial charge in [-0.05, 0) is 103 Å². The van der Waals surface area contributed by atoms with Crippen LogP contribution in [-0.4, -0.2) is 82.3 Å². The van der Waals surface area contributed by atoms with Crippen LogP contribution < -0.4 is 5.11 Å². The van der Waals surface area contributed by atoms with E-state index in [1.54, 1.807) is 0 Å². The molecule has 0 fully saturated rings. The Labute approximate surface area is 536 Å². The second-order valence-electron chi connectivity index (χ2n) is 24.8. The zero-order valence-corrected chi connectivity index (χ0v) is 56.9. The molecule has 0 saturated carbocycles. The SMILES string of the molecule is CC/C=C\C/C=C\C/C=C\C/C=C\C/C=C\CCCCCCCCCCCCCCCCCCCC(=O)OC(COC(=O)CCCCCCCCCCCCCCC/C=C\C/C=C\C/C=C\C/C=C\C/C=C\CC)COC(OCC[N+](C)(C)C)C(=O)[O-]. The quantitative estimate of drug-likeness (QED) is 0.0195. The summed E-state index contributed by atoms with van der Waals surface area (Å²) in [4.78, 5) is 37.5. The first-order valence-electron chi connectivity index (χ1n) is 35.7. The number of carboxylic acid groups (broad SMARTS) is 1. The molecule has 0 bridgehead atoms. The molecule has 0 aromatic carbocycles. The van der Waals surface area contributed by atoms with Crippen molar-refractivity contribution in [2.24, 2.45) is 0 Å². The second-order valence-corrected chi connectivity index (χ2v) is 24.8. The molecule has 0 saturated heterocycles. The van der Waals surface area contributed by atoms with Crippen LogP contribution in [0.15, 0.2) is 122 Å². The molecule has 0 spiro atoms. The van der Waals surface area contributed by atoms with E-state index in [-0.39, 0.29) is 38.6 Å². The summed E-state index contributed by atoms with van der Waals surface area (Å²) in [7, 11) is 5.93. The highest BCUT2D eigenvalue weighted by atomic mass is 16.7. The largest absolute Gasteiger partial charge is 0.545 e. The standard InChI is InChI=1S/C78H133NO8/c1-6-8-10-12-14-16-18-20-22-24-26-28-30-32-34-36-37-38-39-41-43-45-47-49-51-53-55-57-59-61-63-65-67-69-76(81)87-74(73-86-78(77(82)83)84-71-70-79(3,4)5)72-85-75(80)68-66-64-62-60-58-56-54-52-50-48-46-44-42-40-35-33-31-29-27-25-23-21-19-17-15-13-11-9-7-2/h8-11,14-17,20-23,26-29,32-35,74,78H,6-7,12-13,18-19,24-25,30-31,36-73H2,1-5H3/b10-8-,11-9-,16-14-,17-15-,22-20-,23-21-,28-26-,29-27-,34-32-,35-33-. The van der Waals surface area contributed by atoms with Gasteiger partial charge in [0.2, 0.25) is 0 Å². The minimum atomic E-state index is -1.63. The monoisotopic (exact) mass is 1210 g/mol. The van der Waals surface area contributed by atoms with Crippen molar-refractivity contribution in [3.63, 3.8) is 0 Å². The number of carbonyl (C=O) groups excluding carboxylic acids is 3. The highest BCUT2D eigenvalue weighted by molar-refractivity contribution is 5.70. The molecule has 0 aliphatic heterocycles. The van der Waals surface area contributed by atoms with Crippen molar-refractivity contribution in [1.29, 1.82) is 0 Å². The lowest BCUT2D eigenvalue weighted by Gasteiger charge is -2.26. The van der Waals surface area contributed by atoms with Crippen molar-refractivity contribution in [1.82, 2.24) is 0 Å². The molecule has 0 aromatic heterocycles. The van der Waals surface area contributed by atoms with Gasteiger partial charge in [-0.15, -0.1) is 0 Å². The fraction of sp³-hybridized carbons (Fsp3) is 0.705. The molecule has 0 N–H and O–H groups in total. The maximum Gasteiger partial charge on any atom is 0.306 e. The van der Waals surface area contributed by atoms with Crippen LogP contribution in [0.25, 0.3) is 0 Å². The third-order valence-electron chi connectivity index (χ3n) is 15.2. The van der Waals surface area contributed by atoms with Gasteiger partial charge in [0.25, 0.3) is 0 Å². The molecule has 0 aliphatic carbocycles. The van der Waals surface area contributed by atoms with Crippen LogP contribution in [0.2, 0.25) is 0 Å². The molecule has 87 heavy (non-hydrogen) atoms. The van der Waals surface area contributed by atoms with Crippen LogP contribution in [0.4, 0.5) is 0 Å². The van der Waals surface area contributed by atoms with Gasteiger partial charge in [-0.25, -0.2) is 0 Å². The fourth-order valence-electron chi connectivity index (χ4n) is 9.83. The van der Waals surface area contributed by atoms with E-state index in [1.807, 2.05) is 21.1 Å². The van der Waals surface area contributed by atoms with Gasteiger partial charge in [-0.2, -0.15) is 0 Å². The number of allylic oxidation sites excluding steroid dienone is 20. The first kappa shape index (κ1) is 82.7. The Morgan fingerprint density at radius 1 is 0.345 bits per heavy atom. The number of likely N-dealkylation sites (N-methyl/N-ethyl adjacent to an activating group) is 1. The maximum absolute atomic E-state index is 12.9. The topological polar surface area (TPSA) is 111 Å². The van der Waals surface area contributed by atoms with Crippen LogP contribution in [-0.2, 0) is 33.3 Å². The van der Waals surface area contributed by atoms with Crippen molar-refractivity contribution in [2.45, 2.75) is 309 Å². The number of carboxylic acids is 1. The van der Waals surface area contributed by atoms with Crippen molar-refractivity contribution in [2.75, 3.05) is 47.5 Å². The molecule has 0 rings (SSSR count). The van der Waals surface area contributed by atoms with Crippen LogP contribution in [0.1, 0.15) is 296 Å². The van der Waals surface area contributed by atoms with E-state index in [1.165, 1.54) is 161 Å². The van der Waals surface area contributed by atoms with E-state index < -0.39 is 24.3 Å².